The molecule has 546 valence electrons. The molecule has 3 N–H and O–H groups in total. The van der Waals surface area contributed by atoms with Crippen molar-refractivity contribution in [3.8, 4) is 0 Å². The van der Waals surface area contributed by atoms with E-state index in [1.54, 1.807) is 0 Å². The molecule has 0 aromatic heterocycles. The number of phosphoric ester groups is 2. The molecule has 0 amide bonds. The van der Waals surface area contributed by atoms with Crippen LogP contribution in [0.2, 0.25) is 0 Å². The third-order valence-corrected chi connectivity index (χ3v) is 19.3. The molecule has 0 aliphatic rings. The highest BCUT2D eigenvalue weighted by atomic mass is 31.2. The molecule has 0 bridgehead atoms. The SMILES string of the molecule is CCCCCCCCCCCCCCCCCCC(=O)O[C@H](COC(=O)CCCCCCCCCCCCCCC)COP(=O)(O)OC[C@@H](O)COP(=O)(O)OC[C@@H](COC(=O)CCCCCCCCCCCCC)OC(=O)CCCCCCCCCCC(C)CC. The van der Waals surface area contributed by atoms with Crippen molar-refractivity contribution in [2.45, 2.75) is 400 Å². The van der Waals surface area contributed by atoms with E-state index in [0.29, 0.717) is 25.7 Å². The van der Waals surface area contributed by atoms with Gasteiger partial charge in [-0.3, -0.25) is 37.3 Å². The topological polar surface area (TPSA) is 237 Å². The Morgan fingerprint density at radius 3 is 0.772 bits per heavy atom. The van der Waals surface area contributed by atoms with Gasteiger partial charge in [-0.05, 0) is 31.6 Å². The van der Waals surface area contributed by atoms with E-state index in [-0.39, 0.29) is 25.7 Å². The zero-order chi connectivity index (χ0) is 67.7. The van der Waals surface area contributed by atoms with Crippen LogP contribution in [0.15, 0.2) is 0 Å². The molecule has 0 aromatic rings. The van der Waals surface area contributed by atoms with E-state index in [1.807, 2.05) is 0 Å². The lowest BCUT2D eigenvalue weighted by Crippen LogP contribution is -2.30. The predicted octanol–water partition coefficient (Wildman–Crippen LogP) is 21.3. The van der Waals surface area contributed by atoms with Crippen molar-refractivity contribution in [3.63, 3.8) is 0 Å². The van der Waals surface area contributed by atoms with Crippen molar-refractivity contribution in [2.24, 2.45) is 5.92 Å². The molecule has 0 saturated heterocycles. The van der Waals surface area contributed by atoms with Gasteiger partial charge in [0.25, 0.3) is 0 Å². The molecule has 0 aliphatic carbocycles. The average Bonchev–Trinajstić information content (AvgIpc) is 1.69. The number of hydrogen-bond acceptors (Lipinski definition) is 15. The maximum absolute atomic E-state index is 13.1. The van der Waals surface area contributed by atoms with Crippen molar-refractivity contribution >= 4 is 39.5 Å². The first kappa shape index (κ1) is 90.1. The number of hydrogen-bond donors (Lipinski definition) is 3. The van der Waals surface area contributed by atoms with Gasteiger partial charge in [-0.2, -0.15) is 0 Å². The van der Waals surface area contributed by atoms with Gasteiger partial charge in [0.1, 0.15) is 19.3 Å². The van der Waals surface area contributed by atoms with Crippen LogP contribution in [0.5, 0.6) is 0 Å². The summed E-state index contributed by atoms with van der Waals surface area (Å²) < 4.78 is 68.4. The molecule has 3 unspecified atom stereocenters. The fourth-order valence-electron chi connectivity index (χ4n) is 11.1. The van der Waals surface area contributed by atoms with E-state index in [1.165, 1.54) is 205 Å². The van der Waals surface area contributed by atoms with Crippen molar-refractivity contribution in [1.82, 2.24) is 0 Å². The van der Waals surface area contributed by atoms with Gasteiger partial charge in [-0.15, -0.1) is 0 Å². The van der Waals surface area contributed by atoms with Crippen LogP contribution in [0.25, 0.3) is 0 Å². The summed E-state index contributed by atoms with van der Waals surface area (Å²) >= 11 is 0. The number of unbranched alkanes of at least 4 members (excludes halogenated alkanes) is 44. The first-order valence-corrected chi connectivity index (χ1v) is 41.2. The molecule has 17 nitrogen and oxygen atoms in total. The summed E-state index contributed by atoms with van der Waals surface area (Å²) in [6.07, 6.45) is 53.9. The number of carbonyl (C=O) groups excluding carboxylic acids is 4. The summed E-state index contributed by atoms with van der Waals surface area (Å²) in [5.74, 6) is -1.35. The van der Waals surface area contributed by atoms with Gasteiger partial charge in [-0.25, -0.2) is 9.13 Å². The van der Waals surface area contributed by atoms with Crippen molar-refractivity contribution < 1.29 is 80.2 Å². The number of carbonyl (C=O) groups is 4. The fraction of sp³-hybridized carbons (Fsp3) is 0.945. The molecule has 92 heavy (non-hydrogen) atoms. The minimum Gasteiger partial charge on any atom is -0.462 e. The molecule has 19 heteroatoms. The van der Waals surface area contributed by atoms with Gasteiger partial charge in [-0.1, -0.05) is 330 Å². The maximum atomic E-state index is 13.1. The molecular weight excluding hydrogens is 1210 g/mol. The Hall–Kier alpha value is -1.94. The summed E-state index contributed by atoms with van der Waals surface area (Å²) in [6.45, 7) is 7.27. The number of aliphatic hydroxyl groups excluding tert-OH is 1. The Kier molecular flexibility index (Phi) is 64.9. The zero-order valence-electron chi connectivity index (χ0n) is 59.7. The van der Waals surface area contributed by atoms with Gasteiger partial charge in [0.2, 0.25) is 0 Å². The number of rotatable bonds is 73. The Balaban J connectivity index is 5.25. The van der Waals surface area contributed by atoms with Gasteiger partial charge in [0.05, 0.1) is 26.4 Å². The Labute approximate surface area is 562 Å². The lowest BCUT2D eigenvalue weighted by Gasteiger charge is -2.21. The van der Waals surface area contributed by atoms with Crippen LogP contribution in [0.4, 0.5) is 0 Å². The van der Waals surface area contributed by atoms with Gasteiger partial charge < -0.3 is 33.8 Å². The molecule has 0 rings (SSSR count). The van der Waals surface area contributed by atoms with Crippen molar-refractivity contribution in [1.29, 1.82) is 0 Å². The molecule has 0 fully saturated rings. The quantitative estimate of drug-likeness (QED) is 0.0222. The Morgan fingerprint density at radius 2 is 0.522 bits per heavy atom. The average molecular weight is 1350 g/mol. The predicted molar refractivity (Wildman–Crippen MR) is 372 cm³/mol. The number of aliphatic hydroxyl groups is 1. The second-order valence-corrected chi connectivity index (χ2v) is 29.5. The fourth-order valence-corrected chi connectivity index (χ4v) is 12.7. The molecule has 0 spiro atoms. The minimum atomic E-state index is -4.95. The molecular formula is C73H142O17P2. The Bertz CT molecular complexity index is 1770. The standard InChI is InChI=1S/C73H142O17P2/c1-6-10-13-16-19-22-25-27-28-29-31-34-37-43-48-53-58-72(77)89-68(62-84-71(76)57-52-47-42-36-33-30-26-23-20-17-14-11-7-2)64-87-91(79,80)85-60-67(74)61-86-92(81,82)88-65-69(63-83-70(75)56-51-46-41-35-32-24-21-18-15-12-8-3)90-73(78)59-54-49-44-39-38-40-45-50-55-66(5)9-4/h66-69,74H,6-65H2,1-5H3,(H,79,80)(H,81,82)/t66?,67-,68-,69-/m1/s1. The number of esters is 4. The normalized spacial score (nSPS) is 14.3. The molecule has 0 radical (unpaired) electrons. The highest BCUT2D eigenvalue weighted by molar-refractivity contribution is 7.47. The van der Waals surface area contributed by atoms with E-state index in [0.717, 1.165) is 95.8 Å². The first-order chi connectivity index (χ1) is 44.6. The van der Waals surface area contributed by atoms with E-state index in [4.69, 9.17) is 37.0 Å². The summed E-state index contributed by atoms with van der Waals surface area (Å²) in [4.78, 5) is 72.7. The van der Waals surface area contributed by atoms with Crippen molar-refractivity contribution in [3.05, 3.63) is 0 Å². The van der Waals surface area contributed by atoms with E-state index >= 15 is 0 Å². The van der Waals surface area contributed by atoms with E-state index < -0.39 is 97.5 Å². The lowest BCUT2D eigenvalue weighted by molar-refractivity contribution is -0.161. The van der Waals surface area contributed by atoms with Crippen LogP contribution in [-0.4, -0.2) is 96.7 Å². The summed E-state index contributed by atoms with van der Waals surface area (Å²) in [5.41, 5.74) is 0. The van der Waals surface area contributed by atoms with E-state index in [9.17, 15) is 43.2 Å². The molecule has 0 aliphatic heterocycles. The van der Waals surface area contributed by atoms with Crippen LogP contribution in [0.3, 0.4) is 0 Å². The van der Waals surface area contributed by atoms with Crippen LogP contribution < -0.4 is 0 Å². The highest BCUT2D eigenvalue weighted by Gasteiger charge is 2.30. The maximum Gasteiger partial charge on any atom is 0.472 e. The minimum absolute atomic E-state index is 0.106. The largest absolute Gasteiger partial charge is 0.472 e. The third kappa shape index (κ3) is 65.4. The zero-order valence-corrected chi connectivity index (χ0v) is 61.5. The molecule has 0 aromatic carbocycles. The summed E-state index contributed by atoms with van der Waals surface area (Å²) in [6, 6.07) is 0. The van der Waals surface area contributed by atoms with Crippen LogP contribution >= 0.6 is 15.6 Å². The lowest BCUT2D eigenvalue weighted by atomic mass is 9.99. The van der Waals surface area contributed by atoms with Gasteiger partial charge in [0.15, 0.2) is 12.2 Å². The molecule has 0 heterocycles. The van der Waals surface area contributed by atoms with Gasteiger partial charge >= 0.3 is 39.5 Å². The summed E-state index contributed by atoms with van der Waals surface area (Å²) in [5, 5.41) is 10.6. The number of phosphoric acid groups is 2. The van der Waals surface area contributed by atoms with Crippen LogP contribution in [-0.2, 0) is 65.4 Å². The second-order valence-electron chi connectivity index (χ2n) is 26.6. The monoisotopic (exact) mass is 1350 g/mol. The van der Waals surface area contributed by atoms with E-state index in [2.05, 4.69) is 34.6 Å². The van der Waals surface area contributed by atoms with Crippen LogP contribution in [0.1, 0.15) is 381 Å². The molecule has 0 saturated carbocycles. The Morgan fingerprint density at radius 1 is 0.304 bits per heavy atom. The first-order valence-electron chi connectivity index (χ1n) is 38.2. The van der Waals surface area contributed by atoms with Gasteiger partial charge in [0, 0.05) is 25.7 Å². The molecule has 6 atom stereocenters. The smallest absolute Gasteiger partial charge is 0.462 e. The van der Waals surface area contributed by atoms with Crippen molar-refractivity contribution in [2.75, 3.05) is 39.6 Å². The highest BCUT2D eigenvalue weighted by Crippen LogP contribution is 2.45. The summed E-state index contributed by atoms with van der Waals surface area (Å²) in [7, 11) is -9.90. The van der Waals surface area contributed by atoms with Crippen LogP contribution in [0, 0.1) is 5.92 Å². The third-order valence-electron chi connectivity index (χ3n) is 17.4. The number of ether oxygens (including phenoxy) is 4. The second kappa shape index (κ2) is 66.3.